The van der Waals surface area contributed by atoms with Crippen molar-refractivity contribution >= 4 is 0 Å². The molecule has 0 amide bonds. The van der Waals surface area contributed by atoms with E-state index in [1.807, 2.05) is 7.05 Å². The average molecular weight is 282 g/mol. The molecule has 1 N–H and O–H groups in total. The molecule has 112 valence electrons. The topological polar surface area (TPSA) is 15.3 Å². The van der Waals surface area contributed by atoms with E-state index < -0.39 is 11.6 Å². The highest BCUT2D eigenvalue weighted by atomic mass is 19.1. The Balaban J connectivity index is 1.98. The highest BCUT2D eigenvalue weighted by molar-refractivity contribution is 5.21. The minimum absolute atomic E-state index is 0.0108. The lowest BCUT2D eigenvalue weighted by Crippen LogP contribution is -2.31. The Hall–Kier alpha value is -1.00. The van der Waals surface area contributed by atoms with Gasteiger partial charge in [0.1, 0.15) is 11.6 Å². The van der Waals surface area contributed by atoms with Crippen LogP contribution in [0.1, 0.15) is 38.3 Å². The fraction of sp³-hybridized carbons (Fsp3) is 0.625. The molecule has 20 heavy (non-hydrogen) atoms. The highest BCUT2D eigenvalue weighted by Crippen LogP contribution is 2.25. The van der Waals surface area contributed by atoms with Gasteiger partial charge in [-0.05, 0) is 50.4 Å². The van der Waals surface area contributed by atoms with Crippen LogP contribution in [0.3, 0.4) is 0 Å². The van der Waals surface area contributed by atoms with E-state index >= 15 is 0 Å². The maximum atomic E-state index is 13.3. The molecular weight excluding hydrogens is 258 g/mol. The molecule has 1 saturated heterocycles. The Labute approximate surface area is 120 Å². The Bertz CT molecular complexity index is 430. The van der Waals surface area contributed by atoms with Gasteiger partial charge in [0.2, 0.25) is 0 Å². The summed E-state index contributed by atoms with van der Waals surface area (Å²) in [6.07, 6.45) is 2.09. The summed E-state index contributed by atoms with van der Waals surface area (Å²) in [4.78, 5) is 2.46. The van der Waals surface area contributed by atoms with Crippen LogP contribution in [0.15, 0.2) is 18.2 Å². The second-order valence-electron chi connectivity index (χ2n) is 6.02. The van der Waals surface area contributed by atoms with Crippen LogP contribution >= 0.6 is 0 Å². The minimum atomic E-state index is -0.511. The molecule has 1 aromatic carbocycles. The van der Waals surface area contributed by atoms with Crippen LogP contribution in [0, 0.1) is 17.6 Å². The van der Waals surface area contributed by atoms with Gasteiger partial charge >= 0.3 is 0 Å². The Morgan fingerprint density at radius 1 is 1.25 bits per heavy atom. The summed E-state index contributed by atoms with van der Waals surface area (Å²) in [6.45, 7) is 6.60. The average Bonchev–Trinajstić information content (AvgIpc) is 2.67. The molecule has 1 aromatic rings. The summed E-state index contributed by atoms with van der Waals surface area (Å²) in [5, 5.41) is 3.16. The van der Waals surface area contributed by atoms with E-state index in [0.717, 1.165) is 31.5 Å². The van der Waals surface area contributed by atoms with Gasteiger partial charge in [0.25, 0.3) is 0 Å². The molecule has 0 bridgehead atoms. The lowest BCUT2D eigenvalue weighted by atomic mass is 10.0. The summed E-state index contributed by atoms with van der Waals surface area (Å²) in [6, 6.07) is 4.34. The van der Waals surface area contributed by atoms with E-state index in [2.05, 4.69) is 24.1 Å². The van der Waals surface area contributed by atoms with Gasteiger partial charge < -0.3 is 10.2 Å². The fourth-order valence-electron chi connectivity index (χ4n) is 3.25. The molecule has 0 radical (unpaired) electrons. The number of benzene rings is 1. The van der Waals surface area contributed by atoms with Crippen molar-refractivity contribution in [2.75, 3.05) is 20.1 Å². The van der Waals surface area contributed by atoms with Crippen LogP contribution in [0.2, 0.25) is 0 Å². The van der Waals surface area contributed by atoms with Gasteiger partial charge in [0, 0.05) is 31.2 Å². The molecule has 1 fully saturated rings. The van der Waals surface area contributed by atoms with E-state index in [1.54, 1.807) is 0 Å². The molecule has 1 aliphatic heterocycles. The molecule has 3 atom stereocenters. The lowest BCUT2D eigenvalue weighted by Gasteiger charge is -2.24. The summed E-state index contributed by atoms with van der Waals surface area (Å²) in [5.74, 6) is -0.281. The molecular formula is C16H24F2N2. The van der Waals surface area contributed by atoms with E-state index in [1.165, 1.54) is 18.6 Å². The second kappa shape index (κ2) is 6.64. The third kappa shape index (κ3) is 3.76. The minimum Gasteiger partial charge on any atom is -0.313 e. The Morgan fingerprint density at radius 2 is 1.90 bits per heavy atom. The van der Waals surface area contributed by atoms with Gasteiger partial charge in [0.15, 0.2) is 0 Å². The Kier molecular flexibility index (Phi) is 5.11. The van der Waals surface area contributed by atoms with Crippen molar-refractivity contribution < 1.29 is 8.78 Å². The molecule has 2 rings (SSSR count). The first-order chi connectivity index (χ1) is 9.49. The SMILES string of the molecule is CNC(CCN1CC(C)CC1C)c1cc(F)cc(F)c1. The highest BCUT2D eigenvalue weighted by Gasteiger charge is 2.26. The van der Waals surface area contributed by atoms with Crippen molar-refractivity contribution in [3.05, 3.63) is 35.4 Å². The largest absolute Gasteiger partial charge is 0.313 e. The van der Waals surface area contributed by atoms with Gasteiger partial charge in [-0.25, -0.2) is 8.78 Å². The maximum Gasteiger partial charge on any atom is 0.126 e. The summed E-state index contributed by atoms with van der Waals surface area (Å²) < 4.78 is 26.6. The van der Waals surface area contributed by atoms with Crippen molar-refractivity contribution in [3.63, 3.8) is 0 Å². The van der Waals surface area contributed by atoms with Crippen molar-refractivity contribution in [3.8, 4) is 0 Å². The van der Waals surface area contributed by atoms with Gasteiger partial charge in [-0.3, -0.25) is 0 Å². The molecule has 2 nitrogen and oxygen atoms in total. The van der Waals surface area contributed by atoms with Crippen LogP contribution in [0.4, 0.5) is 8.78 Å². The summed E-state index contributed by atoms with van der Waals surface area (Å²) in [5.41, 5.74) is 0.685. The Morgan fingerprint density at radius 3 is 2.40 bits per heavy atom. The van der Waals surface area contributed by atoms with Crippen molar-refractivity contribution in [1.29, 1.82) is 0 Å². The molecule has 3 unspecified atom stereocenters. The third-order valence-electron chi connectivity index (χ3n) is 4.25. The second-order valence-corrected chi connectivity index (χ2v) is 6.02. The molecule has 0 aliphatic carbocycles. The molecule has 1 heterocycles. The number of rotatable bonds is 5. The number of likely N-dealkylation sites (tertiary alicyclic amines) is 1. The fourth-order valence-corrected chi connectivity index (χ4v) is 3.25. The smallest absolute Gasteiger partial charge is 0.126 e. The first kappa shape index (κ1) is 15.4. The maximum absolute atomic E-state index is 13.3. The molecule has 0 saturated carbocycles. The zero-order valence-corrected chi connectivity index (χ0v) is 12.5. The summed E-state index contributed by atoms with van der Waals surface area (Å²) >= 11 is 0. The van der Waals surface area contributed by atoms with E-state index in [9.17, 15) is 8.78 Å². The predicted molar refractivity (Wildman–Crippen MR) is 77.6 cm³/mol. The van der Waals surface area contributed by atoms with Gasteiger partial charge in [-0.15, -0.1) is 0 Å². The van der Waals surface area contributed by atoms with E-state index in [0.29, 0.717) is 11.6 Å². The number of nitrogens with one attached hydrogen (secondary N) is 1. The zero-order chi connectivity index (χ0) is 14.7. The van der Waals surface area contributed by atoms with Crippen LogP contribution in [-0.4, -0.2) is 31.1 Å². The number of nitrogens with zero attached hydrogens (tertiary/aromatic N) is 1. The monoisotopic (exact) mass is 282 g/mol. The van der Waals surface area contributed by atoms with Crippen LogP contribution < -0.4 is 5.32 Å². The molecule has 4 heteroatoms. The molecule has 1 aliphatic rings. The van der Waals surface area contributed by atoms with E-state index in [-0.39, 0.29) is 6.04 Å². The number of halogens is 2. The molecule has 0 aromatic heterocycles. The number of hydrogen-bond donors (Lipinski definition) is 1. The quantitative estimate of drug-likeness (QED) is 0.891. The molecule has 0 spiro atoms. The van der Waals surface area contributed by atoms with Gasteiger partial charge in [-0.2, -0.15) is 0 Å². The van der Waals surface area contributed by atoms with E-state index in [4.69, 9.17) is 0 Å². The van der Waals surface area contributed by atoms with Crippen molar-refractivity contribution in [1.82, 2.24) is 10.2 Å². The standard InChI is InChI=1S/C16H24F2N2/c1-11-6-12(2)20(10-11)5-4-16(19-3)13-7-14(17)9-15(18)8-13/h7-9,11-12,16,19H,4-6,10H2,1-3H3. The lowest BCUT2D eigenvalue weighted by molar-refractivity contribution is 0.250. The third-order valence-corrected chi connectivity index (χ3v) is 4.25. The van der Waals surface area contributed by atoms with Crippen molar-refractivity contribution in [2.24, 2.45) is 5.92 Å². The van der Waals surface area contributed by atoms with Crippen LogP contribution in [0.5, 0.6) is 0 Å². The van der Waals surface area contributed by atoms with Crippen LogP contribution in [0.25, 0.3) is 0 Å². The van der Waals surface area contributed by atoms with Crippen molar-refractivity contribution in [2.45, 2.75) is 38.8 Å². The number of hydrogen-bond acceptors (Lipinski definition) is 2. The summed E-state index contributed by atoms with van der Waals surface area (Å²) in [7, 11) is 1.84. The van der Waals surface area contributed by atoms with Gasteiger partial charge in [-0.1, -0.05) is 6.92 Å². The first-order valence-electron chi connectivity index (χ1n) is 7.37. The first-order valence-corrected chi connectivity index (χ1v) is 7.37. The normalized spacial score (nSPS) is 25.1. The zero-order valence-electron chi connectivity index (χ0n) is 12.5. The predicted octanol–water partition coefficient (Wildman–Crippen LogP) is 3.35. The van der Waals surface area contributed by atoms with Crippen LogP contribution in [-0.2, 0) is 0 Å². The van der Waals surface area contributed by atoms with Gasteiger partial charge in [0.05, 0.1) is 0 Å².